The van der Waals surface area contributed by atoms with Gasteiger partial charge in [0, 0.05) is 64.2 Å². The summed E-state index contributed by atoms with van der Waals surface area (Å²) in [6.07, 6.45) is -0.401. The standard InChI is InChI=1S/C20H26N2O2.C11H9Br.C9H18N2O2/c1-20(2,3)24-19(23)22-12-10-21(11-13-22)15-16-8-9-17-6-4-5-7-18(17)14-16;12-8-9-5-6-10-3-1-2-4-11(10)7-9;1-9(2,3)13-8(12)11-6-4-10-5-7-11/h4-9,14H,10-13,15H2,1-3H3;1-7H,8H2;10H,4-7H2,1-3H3. The van der Waals surface area contributed by atoms with Crippen LogP contribution in [-0.2, 0) is 21.3 Å². The van der Waals surface area contributed by atoms with Gasteiger partial charge in [0.2, 0.25) is 0 Å². The number of nitrogens with zero attached hydrogens (tertiary/aromatic N) is 3. The molecular formula is C40H53BrN4O4. The minimum Gasteiger partial charge on any atom is -0.444 e. The third-order valence-corrected chi connectivity index (χ3v) is 8.63. The van der Waals surface area contributed by atoms with Crippen molar-refractivity contribution in [1.82, 2.24) is 20.0 Å². The second kappa shape index (κ2) is 17.8. The maximum absolute atomic E-state index is 12.1. The zero-order valence-corrected chi connectivity index (χ0v) is 31.6. The van der Waals surface area contributed by atoms with Gasteiger partial charge in [-0.05, 0) is 80.3 Å². The van der Waals surface area contributed by atoms with Crippen LogP contribution in [0.2, 0.25) is 0 Å². The Bertz CT molecular complexity index is 1650. The Morgan fingerprint density at radius 1 is 0.612 bits per heavy atom. The summed E-state index contributed by atoms with van der Waals surface area (Å²) in [5.41, 5.74) is 1.83. The number of carbonyl (C=O) groups excluding carboxylic acids is 2. The first-order valence-corrected chi connectivity index (χ1v) is 18.3. The molecular weight excluding hydrogens is 680 g/mol. The minimum absolute atomic E-state index is 0.200. The number of nitrogens with one attached hydrogen (secondary N) is 1. The first-order chi connectivity index (χ1) is 23.3. The van der Waals surface area contributed by atoms with Crippen LogP contribution in [0.15, 0.2) is 84.9 Å². The highest BCUT2D eigenvalue weighted by molar-refractivity contribution is 9.08. The molecule has 0 bridgehead atoms. The molecule has 1 N–H and O–H groups in total. The predicted molar refractivity (Wildman–Crippen MR) is 204 cm³/mol. The average molecular weight is 734 g/mol. The van der Waals surface area contributed by atoms with Crippen molar-refractivity contribution in [2.75, 3.05) is 52.4 Å². The Morgan fingerprint density at radius 2 is 1.04 bits per heavy atom. The smallest absolute Gasteiger partial charge is 0.410 e. The molecule has 4 aromatic rings. The maximum Gasteiger partial charge on any atom is 0.410 e. The van der Waals surface area contributed by atoms with Crippen molar-refractivity contribution in [3.05, 3.63) is 96.1 Å². The number of piperazine rings is 2. The molecule has 0 saturated carbocycles. The quantitative estimate of drug-likeness (QED) is 0.213. The Kier molecular flexibility index (Phi) is 13.9. The van der Waals surface area contributed by atoms with Crippen molar-refractivity contribution in [2.24, 2.45) is 0 Å². The zero-order valence-electron chi connectivity index (χ0n) is 30.0. The van der Waals surface area contributed by atoms with Crippen LogP contribution in [0.5, 0.6) is 0 Å². The fraction of sp³-hybridized carbons (Fsp3) is 0.450. The molecule has 4 aromatic carbocycles. The Morgan fingerprint density at radius 3 is 1.51 bits per heavy atom. The van der Waals surface area contributed by atoms with E-state index >= 15 is 0 Å². The summed E-state index contributed by atoms with van der Waals surface area (Å²) in [6, 6.07) is 30.0. The highest BCUT2D eigenvalue weighted by atomic mass is 79.9. The first kappa shape index (κ1) is 38.1. The molecule has 2 fully saturated rings. The minimum atomic E-state index is -0.431. The van der Waals surface area contributed by atoms with E-state index in [1.807, 2.05) is 46.4 Å². The number of ether oxygens (including phenoxy) is 2. The van der Waals surface area contributed by atoms with Crippen LogP contribution < -0.4 is 5.32 Å². The van der Waals surface area contributed by atoms with Gasteiger partial charge in [-0.2, -0.15) is 0 Å². The Balaban J connectivity index is 0.000000182. The number of alkyl halides is 1. The van der Waals surface area contributed by atoms with Crippen LogP contribution in [0, 0.1) is 0 Å². The predicted octanol–water partition coefficient (Wildman–Crippen LogP) is 8.45. The molecule has 0 aromatic heterocycles. The molecule has 2 heterocycles. The first-order valence-electron chi connectivity index (χ1n) is 17.2. The van der Waals surface area contributed by atoms with Crippen LogP contribution in [0.25, 0.3) is 21.5 Å². The van der Waals surface area contributed by atoms with Gasteiger partial charge in [-0.25, -0.2) is 9.59 Å². The van der Waals surface area contributed by atoms with Crippen LogP contribution in [0.3, 0.4) is 0 Å². The van der Waals surface area contributed by atoms with E-state index in [0.29, 0.717) is 0 Å². The third-order valence-electron chi connectivity index (χ3n) is 7.98. The third kappa shape index (κ3) is 13.0. The number of hydrogen-bond donors (Lipinski definition) is 1. The molecule has 2 amide bonds. The summed E-state index contributed by atoms with van der Waals surface area (Å²) < 4.78 is 10.7. The summed E-state index contributed by atoms with van der Waals surface area (Å²) in [5.74, 6) is 0. The van der Waals surface area contributed by atoms with Gasteiger partial charge in [0.1, 0.15) is 11.2 Å². The molecule has 0 unspecified atom stereocenters. The van der Waals surface area contributed by atoms with Gasteiger partial charge in [0.15, 0.2) is 0 Å². The summed E-state index contributed by atoms with van der Waals surface area (Å²) >= 11 is 3.44. The lowest BCUT2D eigenvalue weighted by molar-refractivity contribution is 0.0138. The second-order valence-electron chi connectivity index (χ2n) is 14.5. The van der Waals surface area contributed by atoms with E-state index in [1.54, 1.807) is 4.90 Å². The van der Waals surface area contributed by atoms with Crippen molar-refractivity contribution in [3.8, 4) is 0 Å². The molecule has 0 aliphatic carbocycles. The molecule has 8 nitrogen and oxygen atoms in total. The van der Waals surface area contributed by atoms with Crippen LogP contribution >= 0.6 is 15.9 Å². The lowest BCUT2D eigenvalue weighted by Gasteiger charge is -2.35. The van der Waals surface area contributed by atoms with E-state index in [0.717, 1.165) is 64.2 Å². The number of hydrogen-bond acceptors (Lipinski definition) is 6. The van der Waals surface area contributed by atoms with Crippen LogP contribution in [0.1, 0.15) is 52.7 Å². The number of amides is 2. The van der Waals surface area contributed by atoms with Crippen molar-refractivity contribution in [2.45, 2.75) is 64.6 Å². The Labute approximate surface area is 300 Å². The zero-order chi connectivity index (χ0) is 35.4. The molecule has 2 aliphatic heterocycles. The summed E-state index contributed by atoms with van der Waals surface area (Å²) in [5, 5.41) is 9.29. The van der Waals surface area contributed by atoms with Gasteiger partial charge in [0.25, 0.3) is 0 Å². The summed E-state index contributed by atoms with van der Waals surface area (Å²) in [4.78, 5) is 29.5. The summed E-state index contributed by atoms with van der Waals surface area (Å²) in [6.45, 7) is 18.7. The number of fused-ring (bicyclic) bond motifs is 2. The van der Waals surface area contributed by atoms with E-state index in [2.05, 4.69) is 111 Å². The number of rotatable bonds is 3. The second-order valence-corrected chi connectivity index (χ2v) is 15.0. The highest BCUT2D eigenvalue weighted by Gasteiger charge is 2.26. The largest absolute Gasteiger partial charge is 0.444 e. The van der Waals surface area contributed by atoms with Gasteiger partial charge in [-0.15, -0.1) is 0 Å². The maximum atomic E-state index is 12.1. The molecule has 6 rings (SSSR count). The molecule has 49 heavy (non-hydrogen) atoms. The molecule has 0 spiro atoms. The van der Waals surface area contributed by atoms with Crippen molar-refractivity contribution in [3.63, 3.8) is 0 Å². The molecule has 2 aliphatic rings. The fourth-order valence-corrected chi connectivity index (χ4v) is 5.85. The highest BCUT2D eigenvalue weighted by Crippen LogP contribution is 2.19. The number of benzene rings is 4. The fourth-order valence-electron chi connectivity index (χ4n) is 5.51. The summed E-state index contributed by atoms with van der Waals surface area (Å²) in [7, 11) is 0. The monoisotopic (exact) mass is 732 g/mol. The topological polar surface area (TPSA) is 74.4 Å². The van der Waals surface area contributed by atoms with E-state index in [1.165, 1.54) is 32.7 Å². The molecule has 9 heteroatoms. The molecule has 0 radical (unpaired) electrons. The molecule has 2 saturated heterocycles. The SMILES string of the molecule is BrCc1ccc2ccccc2c1.CC(C)(C)OC(=O)N1CCN(Cc2ccc3ccccc3c2)CC1.CC(C)(C)OC(=O)N1CCNCC1. The van der Waals surface area contributed by atoms with Crippen molar-refractivity contribution in [1.29, 1.82) is 0 Å². The van der Waals surface area contributed by atoms with E-state index < -0.39 is 5.60 Å². The van der Waals surface area contributed by atoms with Crippen molar-refractivity contribution < 1.29 is 19.1 Å². The van der Waals surface area contributed by atoms with Gasteiger partial charge < -0.3 is 24.6 Å². The van der Waals surface area contributed by atoms with Gasteiger partial charge in [0.05, 0.1) is 0 Å². The number of halogens is 1. The lowest BCUT2D eigenvalue weighted by Crippen LogP contribution is -2.49. The average Bonchev–Trinajstić information content (AvgIpc) is 3.08. The van der Waals surface area contributed by atoms with E-state index in [4.69, 9.17) is 9.47 Å². The molecule has 264 valence electrons. The van der Waals surface area contributed by atoms with Crippen molar-refractivity contribution >= 4 is 49.7 Å². The lowest BCUT2D eigenvalue weighted by atomic mass is 10.1. The number of carbonyl (C=O) groups is 2. The Hall–Kier alpha value is -3.66. The van der Waals surface area contributed by atoms with Crippen LogP contribution in [-0.4, -0.2) is 90.4 Å². The normalized spacial score (nSPS) is 15.5. The van der Waals surface area contributed by atoms with Gasteiger partial charge in [-0.1, -0.05) is 94.8 Å². The van der Waals surface area contributed by atoms with E-state index in [-0.39, 0.29) is 17.8 Å². The van der Waals surface area contributed by atoms with Crippen LogP contribution in [0.4, 0.5) is 9.59 Å². The van der Waals surface area contributed by atoms with E-state index in [9.17, 15) is 9.59 Å². The van der Waals surface area contributed by atoms with Gasteiger partial charge in [-0.3, -0.25) is 4.90 Å². The molecule has 0 atom stereocenters. The van der Waals surface area contributed by atoms with Gasteiger partial charge >= 0.3 is 12.2 Å².